The molecule has 0 fully saturated rings. The fourth-order valence-corrected chi connectivity index (χ4v) is 3.54. The molecule has 3 aromatic rings. The first-order valence-corrected chi connectivity index (χ1v) is 10.1. The van der Waals surface area contributed by atoms with Gasteiger partial charge in [-0.3, -0.25) is 14.2 Å². The van der Waals surface area contributed by atoms with Crippen LogP contribution < -0.4 is 20.3 Å². The molecule has 10 heteroatoms. The van der Waals surface area contributed by atoms with Gasteiger partial charge in [0.25, 0.3) is 5.56 Å². The smallest absolute Gasteiger partial charge is 0.438 e. The van der Waals surface area contributed by atoms with Crippen LogP contribution >= 0.6 is 0 Å². The molecule has 0 bridgehead atoms. The van der Waals surface area contributed by atoms with Gasteiger partial charge in [-0.1, -0.05) is 6.92 Å². The summed E-state index contributed by atoms with van der Waals surface area (Å²) in [6.07, 6.45) is -4.91. The fraction of sp³-hybridized carbons (Fsp3) is 0.348. The van der Waals surface area contributed by atoms with Gasteiger partial charge in [0.2, 0.25) is 11.6 Å². The van der Waals surface area contributed by atoms with Gasteiger partial charge in [0.1, 0.15) is 17.5 Å². The number of halogens is 3. The molecule has 1 unspecified atom stereocenters. The van der Waals surface area contributed by atoms with Crippen molar-refractivity contribution in [2.75, 3.05) is 19.5 Å². The first-order valence-electron chi connectivity index (χ1n) is 10.1. The van der Waals surface area contributed by atoms with Gasteiger partial charge in [-0.05, 0) is 43.5 Å². The van der Waals surface area contributed by atoms with Crippen LogP contribution in [0.1, 0.15) is 36.2 Å². The predicted molar refractivity (Wildman–Crippen MR) is 118 cm³/mol. The molecule has 0 saturated heterocycles. The van der Waals surface area contributed by atoms with E-state index in [0.29, 0.717) is 22.7 Å². The molecule has 2 aromatic carbocycles. The van der Waals surface area contributed by atoms with E-state index < -0.39 is 29.4 Å². The van der Waals surface area contributed by atoms with E-state index in [1.165, 1.54) is 32.4 Å². The highest BCUT2D eigenvalue weighted by Gasteiger charge is 2.39. The summed E-state index contributed by atoms with van der Waals surface area (Å²) in [7, 11) is 2.89. The van der Waals surface area contributed by atoms with E-state index in [4.69, 9.17) is 9.47 Å². The van der Waals surface area contributed by atoms with Crippen molar-refractivity contribution in [2.24, 2.45) is 0 Å². The van der Waals surface area contributed by atoms with E-state index in [9.17, 15) is 22.8 Å². The monoisotopic (exact) mass is 463 g/mol. The molecule has 1 heterocycles. The summed E-state index contributed by atoms with van der Waals surface area (Å²) >= 11 is 0. The lowest BCUT2D eigenvalue weighted by molar-refractivity contribution is -0.142. The lowest BCUT2D eigenvalue weighted by atomic mass is 10.1. The number of hydrogen-bond donors (Lipinski definition) is 1. The maximum absolute atomic E-state index is 13.6. The van der Waals surface area contributed by atoms with E-state index in [2.05, 4.69) is 10.3 Å². The highest BCUT2D eigenvalue weighted by atomic mass is 19.4. The van der Waals surface area contributed by atoms with Gasteiger partial charge < -0.3 is 14.8 Å². The van der Waals surface area contributed by atoms with E-state index >= 15 is 0 Å². The number of ether oxygens (including phenoxy) is 2. The number of benzene rings is 2. The van der Waals surface area contributed by atoms with Crippen molar-refractivity contribution in [1.82, 2.24) is 9.55 Å². The standard InChI is InChI=1S/C23H24F3N3O4/c1-6-18(21(30)27-14-9-15(32-4)11-16(10-14)33-5)29-19-8-13(3)12(2)7-17(19)28-20(22(29)31)23(24,25)26/h7-11,18H,6H2,1-5H3,(H,27,30). The second-order valence-electron chi connectivity index (χ2n) is 7.57. The molecule has 176 valence electrons. The first-order chi connectivity index (χ1) is 15.5. The van der Waals surface area contributed by atoms with E-state index in [1.807, 2.05) is 0 Å². The number of rotatable bonds is 6. The summed E-state index contributed by atoms with van der Waals surface area (Å²) in [5.74, 6) is 0.165. The Balaban J connectivity index is 2.18. The minimum absolute atomic E-state index is 0.0145. The highest BCUT2D eigenvalue weighted by molar-refractivity contribution is 5.95. The quantitative estimate of drug-likeness (QED) is 0.576. The van der Waals surface area contributed by atoms with E-state index in [-0.39, 0.29) is 17.5 Å². The summed E-state index contributed by atoms with van der Waals surface area (Å²) < 4.78 is 52.1. The number of hydrogen-bond acceptors (Lipinski definition) is 5. The predicted octanol–water partition coefficient (Wildman–Crippen LogP) is 4.64. The Bertz CT molecular complexity index is 1250. The van der Waals surface area contributed by atoms with Gasteiger partial charge in [-0.15, -0.1) is 0 Å². The minimum atomic E-state index is -4.97. The number of aromatic nitrogens is 2. The molecule has 0 aliphatic rings. The van der Waals surface area contributed by atoms with Gasteiger partial charge in [-0.2, -0.15) is 13.2 Å². The lowest BCUT2D eigenvalue weighted by Gasteiger charge is -2.22. The van der Waals surface area contributed by atoms with Crippen LogP contribution in [0.15, 0.2) is 35.1 Å². The normalized spacial score (nSPS) is 12.5. The SMILES string of the molecule is CCC(C(=O)Nc1cc(OC)cc(OC)c1)n1c(=O)c(C(F)(F)F)nc2cc(C)c(C)cc21. The molecule has 0 aliphatic heterocycles. The summed E-state index contributed by atoms with van der Waals surface area (Å²) in [5.41, 5.74) is -1.01. The van der Waals surface area contributed by atoms with Crippen LogP contribution in [0.5, 0.6) is 11.5 Å². The maximum Gasteiger partial charge on any atom is 0.438 e. The van der Waals surface area contributed by atoms with Crippen LogP contribution in [-0.2, 0) is 11.0 Å². The first kappa shape index (κ1) is 24.1. The van der Waals surface area contributed by atoms with Crippen molar-refractivity contribution in [2.45, 2.75) is 39.4 Å². The number of methoxy groups -OCH3 is 2. The topological polar surface area (TPSA) is 82.5 Å². The average molecular weight is 463 g/mol. The molecule has 0 radical (unpaired) electrons. The van der Waals surface area contributed by atoms with Crippen molar-refractivity contribution in [3.05, 3.63) is 57.5 Å². The summed E-state index contributed by atoms with van der Waals surface area (Å²) in [5, 5.41) is 2.66. The summed E-state index contributed by atoms with van der Waals surface area (Å²) in [4.78, 5) is 29.7. The fourth-order valence-electron chi connectivity index (χ4n) is 3.54. The molecule has 0 spiro atoms. The van der Waals surface area contributed by atoms with Crippen LogP contribution in [0.3, 0.4) is 0 Å². The molecule has 0 saturated carbocycles. The number of nitrogens with zero attached hydrogens (tertiary/aromatic N) is 2. The van der Waals surface area contributed by atoms with Crippen molar-refractivity contribution in [1.29, 1.82) is 0 Å². The number of amides is 1. The third-order valence-corrected chi connectivity index (χ3v) is 5.39. The van der Waals surface area contributed by atoms with Crippen LogP contribution in [0, 0.1) is 13.8 Å². The molecule has 7 nitrogen and oxygen atoms in total. The highest BCUT2D eigenvalue weighted by Crippen LogP contribution is 2.30. The molecular weight excluding hydrogens is 439 g/mol. The van der Waals surface area contributed by atoms with Crippen molar-refractivity contribution in [3.63, 3.8) is 0 Å². The zero-order valence-electron chi connectivity index (χ0n) is 18.8. The Hall–Kier alpha value is -3.56. The molecule has 1 amide bonds. The summed E-state index contributed by atoms with van der Waals surface area (Å²) in [6.45, 7) is 5.12. The molecule has 3 rings (SSSR count). The maximum atomic E-state index is 13.6. The number of carbonyl (C=O) groups excluding carboxylic acids is 1. The van der Waals surface area contributed by atoms with E-state index in [1.54, 1.807) is 32.9 Å². The van der Waals surface area contributed by atoms with Gasteiger partial charge in [0.05, 0.1) is 25.3 Å². The van der Waals surface area contributed by atoms with Gasteiger partial charge in [0, 0.05) is 23.9 Å². The summed E-state index contributed by atoms with van der Waals surface area (Å²) in [6, 6.07) is 6.51. The number of alkyl halides is 3. The Labute approximate surface area is 188 Å². The second-order valence-corrected chi connectivity index (χ2v) is 7.57. The largest absolute Gasteiger partial charge is 0.497 e. The van der Waals surface area contributed by atoms with Crippen LogP contribution in [-0.4, -0.2) is 29.7 Å². The molecule has 1 aromatic heterocycles. The van der Waals surface area contributed by atoms with Gasteiger partial charge in [0.15, 0.2) is 0 Å². The van der Waals surface area contributed by atoms with Crippen LogP contribution in [0.2, 0.25) is 0 Å². The van der Waals surface area contributed by atoms with Crippen LogP contribution in [0.25, 0.3) is 11.0 Å². The second kappa shape index (κ2) is 9.13. The van der Waals surface area contributed by atoms with Crippen molar-refractivity contribution < 1.29 is 27.4 Å². The minimum Gasteiger partial charge on any atom is -0.497 e. The Morgan fingerprint density at radius 1 is 1.06 bits per heavy atom. The molecule has 33 heavy (non-hydrogen) atoms. The zero-order chi connectivity index (χ0) is 24.5. The average Bonchev–Trinajstić information content (AvgIpc) is 2.75. The molecule has 1 atom stereocenters. The number of carbonyl (C=O) groups is 1. The van der Waals surface area contributed by atoms with Gasteiger partial charge >= 0.3 is 6.18 Å². The lowest BCUT2D eigenvalue weighted by Crippen LogP contribution is -2.37. The molecule has 1 N–H and O–H groups in total. The Morgan fingerprint density at radius 3 is 2.15 bits per heavy atom. The number of aryl methyl sites for hydroxylation is 2. The van der Waals surface area contributed by atoms with Crippen molar-refractivity contribution in [3.8, 4) is 11.5 Å². The number of anilines is 1. The van der Waals surface area contributed by atoms with Crippen LogP contribution in [0.4, 0.5) is 18.9 Å². The zero-order valence-corrected chi connectivity index (χ0v) is 18.8. The van der Waals surface area contributed by atoms with Gasteiger partial charge in [-0.25, -0.2) is 4.98 Å². The molecule has 0 aliphatic carbocycles. The van der Waals surface area contributed by atoms with E-state index in [0.717, 1.165) is 10.1 Å². The van der Waals surface area contributed by atoms with Crippen molar-refractivity contribution >= 4 is 22.6 Å². The Morgan fingerprint density at radius 2 is 1.64 bits per heavy atom. The molecular formula is C23H24F3N3O4. The number of nitrogens with one attached hydrogen (secondary N) is 1. The number of fused-ring (bicyclic) bond motifs is 1. The third kappa shape index (κ3) is 4.79. The third-order valence-electron chi connectivity index (χ3n) is 5.39. The Kier molecular flexibility index (Phi) is 6.66.